The van der Waals surface area contributed by atoms with Crippen molar-refractivity contribution < 1.29 is 4.74 Å². The number of benzene rings is 1. The number of pyridine rings is 1. The summed E-state index contributed by atoms with van der Waals surface area (Å²) < 4.78 is 6.43. The van der Waals surface area contributed by atoms with E-state index in [1.54, 1.807) is 0 Å². The van der Waals surface area contributed by atoms with Crippen LogP contribution in [-0.2, 0) is 6.42 Å². The van der Waals surface area contributed by atoms with Crippen molar-refractivity contribution in [1.29, 1.82) is 0 Å². The van der Waals surface area contributed by atoms with Crippen molar-refractivity contribution in [2.75, 3.05) is 0 Å². The highest BCUT2D eigenvalue weighted by atomic mass is 79.9. The van der Waals surface area contributed by atoms with Crippen molar-refractivity contribution >= 4 is 15.9 Å². The number of aromatic amines is 1. The van der Waals surface area contributed by atoms with Crippen molar-refractivity contribution in [2.45, 2.75) is 34.1 Å². The van der Waals surface area contributed by atoms with Crippen LogP contribution in [-0.4, -0.2) is 4.98 Å². The molecule has 0 atom stereocenters. The number of hydrogen-bond acceptors (Lipinski definition) is 2. The molecule has 106 valence electrons. The summed E-state index contributed by atoms with van der Waals surface area (Å²) in [7, 11) is 0. The number of nitrogens with one attached hydrogen (secondary N) is 1. The fourth-order valence-electron chi connectivity index (χ4n) is 2.35. The van der Waals surface area contributed by atoms with Gasteiger partial charge < -0.3 is 9.72 Å². The summed E-state index contributed by atoms with van der Waals surface area (Å²) in [6, 6.07) is 6.02. The summed E-state index contributed by atoms with van der Waals surface area (Å²) in [5, 5.41) is 0. The lowest BCUT2D eigenvalue weighted by molar-refractivity contribution is 0.470. The quantitative estimate of drug-likeness (QED) is 0.902. The van der Waals surface area contributed by atoms with Crippen molar-refractivity contribution in [2.24, 2.45) is 0 Å². The van der Waals surface area contributed by atoms with E-state index in [1.807, 2.05) is 39.8 Å². The zero-order valence-corrected chi connectivity index (χ0v) is 13.7. The third-order valence-corrected chi connectivity index (χ3v) is 3.92. The Hall–Kier alpha value is -1.55. The van der Waals surface area contributed by atoms with Crippen LogP contribution in [0.2, 0.25) is 0 Å². The highest BCUT2D eigenvalue weighted by Crippen LogP contribution is 2.33. The topological polar surface area (TPSA) is 42.1 Å². The molecule has 0 bridgehead atoms. The number of aromatic nitrogens is 1. The monoisotopic (exact) mass is 335 g/mol. The van der Waals surface area contributed by atoms with E-state index >= 15 is 0 Å². The van der Waals surface area contributed by atoms with Gasteiger partial charge in [0.15, 0.2) is 5.75 Å². The molecule has 3 nitrogen and oxygen atoms in total. The highest BCUT2D eigenvalue weighted by molar-refractivity contribution is 9.10. The van der Waals surface area contributed by atoms with Gasteiger partial charge in [-0.1, -0.05) is 13.0 Å². The van der Waals surface area contributed by atoms with Crippen molar-refractivity contribution in [1.82, 2.24) is 4.98 Å². The number of rotatable bonds is 3. The largest absolute Gasteiger partial charge is 0.456 e. The molecule has 4 heteroatoms. The van der Waals surface area contributed by atoms with Crippen molar-refractivity contribution in [3.8, 4) is 11.5 Å². The molecular formula is C16H18BrNO2. The first-order valence-corrected chi connectivity index (χ1v) is 7.39. The van der Waals surface area contributed by atoms with E-state index in [0.29, 0.717) is 10.2 Å². The minimum absolute atomic E-state index is 0.168. The second kappa shape index (κ2) is 5.83. The van der Waals surface area contributed by atoms with Gasteiger partial charge in [-0.25, -0.2) is 0 Å². The van der Waals surface area contributed by atoms with E-state index < -0.39 is 0 Å². The molecule has 0 aliphatic rings. The van der Waals surface area contributed by atoms with Gasteiger partial charge in [-0.15, -0.1) is 0 Å². The van der Waals surface area contributed by atoms with Gasteiger partial charge in [0.2, 0.25) is 0 Å². The fraction of sp³-hybridized carbons (Fsp3) is 0.312. The number of hydrogen-bond donors (Lipinski definition) is 1. The zero-order chi connectivity index (χ0) is 14.9. The van der Waals surface area contributed by atoms with Crippen LogP contribution in [0.15, 0.2) is 27.5 Å². The Morgan fingerprint density at radius 3 is 2.30 bits per heavy atom. The molecule has 0 saturated heterocycles. The minimum Gasteiger partial charge on any atom is -0.456 e. The molecule has 1 aromatic carbocycles. The van der Waals surface area contributed by atoms with E-state index in [1.165, 1.54) is 0 Å². The zero-order valence-electron chi connectivity index (χ0n) is 12.1. The number of ether oxygens (including phenoxy) is 1. The van der Waals surface area contributed by atoms with Crippen molar-refractivity contribution in [3.05, 3.63) is 55.4 Å². The lowest BCUT2D eigenvalue weighted by atomic mass is 10.1. The second-order valence-corrected chi connectivity index (χ2v) is 5.77. The Morgan fingerprint density at radius 1 is 1.15 bits per heavy atom. The predicted octanol–water partition coefficient (Wildman–Crippen LogP) is 4.42. The number of aryl methyl sites for hydroxylation is 3. The summed E-state index contributed by atoms with van der Waals surface area (Å²) in [6.45, 7) is 7.99. The normalized spacial score (nSPS) is 10.7. The van der Waals surface area contributed by atoms with Gasteiger partial charge in [0.1, 0.15) is 10.2 Å². The lowest BCUT2D eigenvalue weighted by Gasteiger charge is -2.14. The summed E-state index contributed by atoms with van der Waals surface area (Å²) >= 11 is 3.33. The summed E-state index contributed by atoms with van der Waals surface area (Å²) in [6.07, 6.45) is 0.793. The number of H-pyrrole nitrogens is 1. The molecule has 0 unspecified atom stereocenters. The molecule has 0 spiro atoms. The molecule has 2 aromatic rings. The van der Waals surface area contributed by atoms with Gasteiger partial charge in [-0.2, -0.15) is 0 Å². The van der Waals surface area contributed by atoms with E-state index in [9.17, 15) is 4.79 Å². The molecule has 1 heterocycles. The van der Waals surface area contributed by atoms with E-state index in [-0.39, 0.29) is 5.56 Å². The van der Waals surface area contributed by atoms with Gasteiger partial charge in [-0.3, -0.25) is 4.79 Å². The maximum absolute atomic E-state index is 11.9. The standard InChI is InChI=1S/C16H18BrNO2/c1-5-13-11(4)18-16(19)14(17)15(13)20-12-7-9(2)6-10(3)8-12/h6-8H,5H2,1-4H3,(H,18,19). The average Bonchev–Trinajstić information content (AvgIpc) is 2.34. The molecule has 0 aliphatic carbocycles. The molecule has 1 aromatic heterocycles. The Kier molecular flexibility index (Phi) is 4.33. The Labute approximate surface area is 127 Å². The first-order valence-electron chi connectivity index (χ1n) is 6.59. The van der Waals surface area contributed by atoms with Gasteiger partial charge in [-0.05, 0) is 66.4 Å². The predicted molar refractivity (Wildman–Crippen MR) is 84.9 cm³/mol. The maximum Gasteiger partial charge on any atom is 0.266 e. The van der Waals surface area contributed by atoms with Crippen LogP contribution in [0.3, 0.4) is 0 Å². The molecule has 0 fully saturated rings. The SMILES string of the molecule is CCc1c(C)[nH]c(=O)c(Br)c1Oc1cc(C)cc(C)c1. The van der Waals surface area contributed by atoms with Crippen molar-refractivity contribution in [3.63, 3.8) is 0 Å². The molecule has 0 saturated carbocycles. The third kappa shape index (κ3) is 2.96. The Balaban J connectivity index is 2.55. The summed E-state index contributed by atoms with van der Waals surface area (Å²) in [5.74, 6) is 1.36. The van der Waals surface area contributed by atoms with Gasteiger partial charge in [0, 0.05) is 11.3 Å². The molecule has 0 amide bonds. The van der Waals surface area contributed by atoms with E-state index in [4.69, 9.17) is 4.74 Å². The molecule has 0 radical (unpaired) electrons. The molecule has 1 N–H and O–H groups in total. The van der Waals surface area contributed by atoms with E-state index in [2.05, 4.69) is 27.0 Å². The summed E-state index contributed by atoms with van der Waals surface area (Å²) in [5.41, 5.74) is 3.96. The summed E-state index contributed by atoms with van der Waals surface area (Å²) in [4.78, 5) is 14.7. The van der Waals surface area contributed by atoms with Crippen LogP contribution in [0.5, 0.6) is 11.5 Å². The first-order chi connectivity index (χ1) is 9.42. The second-order valence-electron chi connectivity index (χ2n) is 4.98. The number of halogens is 1. The molecule has 0 aliphatic heterocycles. The Morgan fingerprint density at radius 2 is 1.75 bits per heavy atom. The van der Waals surface area contributed by atoms with Crippen LogP contribution in [0, 0.1) is 20.8 Å². The van der Waals surface area contributed by atoms with Crippen LogP contribution in [0.1, 0.15) is 29.3 Å². The minimum atomic E-state index is -0.168. The van der Waals surface area contributed by atoms with Gasteiger partial charge >= 0.3 is 0 Å². The van der Waals surface area contributed by atoms with Gasteiger partial charge in [0.05, 0.1) is 0 Å². The average molecular weight is 336 g/mol. The molecule has 2 rings (SSSR count). The van der Waals surface area contributed by atoms with E-state index in [0.717, 1.165) is 34.6 Å². The smallest absolute Gasteiger partial charge is 0.266 e. The van der Waals surface area contributed by atoms with Gasteiger partial charge in [0.25, 0.3) is 5.56 Å². The fourth-order valence-corrected chi connectivity index (χ4v) is 2.77. The first kappa shape index (κ1) is 14.9. The van der Waals surface area contributed by atoms with Crippen LogP contribution in [0.25, 0.3) is 0 Å². The molecule has 20 heavy (non-hydrogen) atoms. The third-order valence-electron chi connectivity index (χ3n) is 3.20. The van der Waals surface area contributed by atoms with Crippen LogP contribution in [0.4, 0.5) is 0 Å². The lowest BCUT2D eigenvalue weighted by Crippen LogP contribution is -2.12. The Bertz CT molecular complexity index is 684. The van der Waals surface area contributed by atoms with Crippen LogP contribution >= 0.6 is 15.9 Å². The van der Waals surface area contributed by atoms with Crippen LogP contribution < -0.4 is 10.3 Å². The molecular weight excluding hydrogens is 318 g/mol. The maximum atomic E-state index is 11.9. The highest BCUT2D eigenvalue weighted by Gasteiger charge is 2.15.